The molecule has 0 aliphatic carbocycles. The van der Waals surface area contributed by atoms with E-state index in [-0.39, 0.29) is 0 Å². The molecule has 4 nitrogen and oxygen atoms in total. The zero-order valence-electron chi connectivity index (χ0n) is 20.2. The van der Waals surface area contributed by atoms with Crippen molar-refractivity contribution >= 4 is 23.3 Å². The molecule has 170 valence electrons. The minimum atomic E-state index is 0.683. The molecular formula is C29H31NO3. The molecule has 1 aromatic heterocycles. The van der Waals surface area contributed by atoms with E-state index in [9.17, 15) is 0 Å². The Kier molecular flexibility index (Phi) is 7.73. The lowest BCUT2D eigenvalue weighted by atomic mass is 9.92. The first-order valence-electron chi connectivity index (χ1n) is 10.8. The number of methoxy groups -OCH3 is 3. The summed E-state index contributed by atoms with van der Waals surface area (Å²) in [6.07, 6.45) is 9.88. The Morgan fingerprint density at radius 2 is 1.42 bits per heavy atom. The molecular weight excluding hydrogens is 410 g/mol. The van der Waals surface area contributed by atoms with Crippen molar-refractivity contribution in [3.05, 3.63) is 83.7 Å². The van der Waals surface area contributed by atoms with Crippen LogP contribution in [0.2, 0.25) is 0 Å². The van der Waals surface area contributed by atoms with Gasteiger partial charge in [0, 0.05) is 18.0 Å². The first-order valence-corrected chi connectivity index (χ1v) is 10.8. The zero-order valence-corrected chi connectivity index (χ0v) is 20.2. The minimum Gasteiger partial charge on any atom is -0.496 e. The van der Waals surface area contributed by atoms with E-state index < -0.39 is 0 Å². The predicted molar refractivity (Wildman–Crippen MR) is 139 cm³/mol. The van der Waals surface area contributed by atoms with E-state index in [0.29, 0.717) is 11.5 Å². The molecule has 0 N–H and O–H groups in total. The molecule has 1 heterocycles. The summed E-state index contributed by atoms with van der Waals surface area (Å²) < 4.78 is 16.8. The second-order valence-corrected chi connectivity index (χ2v) is 7.78. The first kappa shape index (κ1) is 23.9. The molecule has 0 amide bonds. The van der Waals surface area contributed by atoms with Crippen LogP contribution in [0.3, 0.4) is 0 Å². The summed E-state index contributed by atoms with van der Waals surface area (Å²) in [7, 11) is 4.99. The molecule has 0 aliphatic heterocycles. The normalized spacial score (nSPS) is 11.5. The van der Waals surface area contributed by atoms with Crippen LogP contribution in [0.1, 0.15) is 43.0 Å². The number of rotatable bonds is 8. The molecule has 0 saturated carbocycles. The predicted octanol–water partition coefficient (Wildman–Crippen LogP) is 7.40. The van der Waals surface area contributed by atoms with Gasteiger partial charge in [0.25, 0.3) is 0 Å². The molecule has 0 bridgehead atoms. The minimum absolute atomic E-state index is 0.683. The fraction of sp³-hybridized carbons (Fsp3) is 0.207. The summed E-state index contributed by atoms with van der Waals surface area (Å²) in [6, 6.07) is 12.2. The molecule has 0 spiro atoms. The first-order chi connectivity index (χ1) is 15.9. The van der Waals surface area contributed by atoms with E-state index in [0.717, 1.165) is 50.3 Å². The van der Waals surface area contributed by atoms with Gasteiger partial charge in [-0.05, 0) is 90.6 Å². The summed E-state index contributed by atoms with van der Waals surface area (Å²) in [6.45, 7) is 10.3. The van der Waals surface area contributed by atoms with E-state index in [1.165, 1.54) is 0 Å². The van der Waals surface area contributed by atoms with Crippen LogP contribution in [0, 0.1) is 0 Å². The Morgan fingerprint density at radius 1 is 0.818 bits per heavy atom. The Labute approximate surface area is 196 Å². The topological polar surface area (TPSA) is 40.6 Å². The van der Waals surface area contributed by atoms with Gasteiger partial charge in [0.05, 0.1) is 21.3 Å². The van der Waals surface area contributed by atoms with Gasteiger partial charge < -0.3 is 14.2 Å². The molecule has 0 aliphatic rings. The van der Waals surface area contributed by atoms with Crippen LogP contribution < -0.4 is 14.2 Å². The fourth-order valence-corrected chi connectivity index (χ4v) is 3.88. The standard InChI is InChI=1S/C29H31NO3/c1-8-9-22-15-27(31-5)26(21-10-12-30-13-11-21)17-25(22)20(4)14-23-16-28(32-6)29(33-7)18-24(23)19(2)3/h8-18H,2H2,1,3-7H3/b9-8-,20-14+. The monoisotopic (exact) mass is 441 g/mol. The summed E-state index contributed by atoms with van der Waals surface area (Å²) in [5.41, 5.74) is 8.36. The Morgan fingerprint density at radius 3 is 2.00 bits per heavy atom. The number of allylic oxidation sites excluding steroid dienone is 3. The van der Waals surface area contributed by atoms with Crippen molar-refractivity contribution in [1.82, 2.24) is 4.98 Å². The molecule has 3 rings (SSSR count). The highest BCUT2D eigenvalue weighted by molar-refractivity contribution is 5.90. The van der Waals surface area contributed by atoms with Crippen molar-refractivity contribution < 1.29 is 14.2 Å². The van der Waals surface area contributed by atoms with Gasteiger partial charge in [0.15, 0.2) is 11.5 Å². The third-order valence-corrected chi connectivity index (χ3v) is 5.52. The van der Waals surface area contributed by atoms with Crippen LogP contribution in [0.5, 0.6) is 17.2 Å². The van der Waals surface area contributed by atoms with E-state index in [2.05, 4.69) is 42.8 Å². The average Bonchev–Trinajstić information content (AvgIpc) is 2.83. The molecule has 0 fully saturated rings. The summed E-state index contributed by atoms with van der Waals surface area (Å²) in [4.78, 5) is 4.15. The van der Waals surface area contributed by atoms with Gasteiger partial charge in [0.2, 0.25) is 0 Å². The lowest BCUT2D eigenvalue weighted by molar-refractivity contribution is 0.355. The average molecular weight is 442 g/mol. The number of nitrogens with zero attached hydrogens (tertiary/aromatic N) is 1. The molecule has 0 atom stereocenters. The maximum Gasteiger partial charge on any atom is 0.161 e. The van der Waals surface area contributed by atoms with Crippen LogP contribution >= 0.6 is 0 Å². The largest absolute Gasteiger partial charge is 0.496 e. The van der Waals surface area contributed by atoms with E-state index >= 15 is 0 Å². The smallest absolute Gasteiger partial charge is 0.161 e. The van der Waals surface area contributed by atoms with Crippen molar-refractivity contribution in [2.75, 3.05) is 21.3 Å². The van der Waals surface area contributed by atoms with Gasteiger partial charge in [-0.15, -0.1) is 0 Å². The van der Waals surface area contributed by atoms with E-state index in [4.69, 9.17) is 14.2 Å². The lowest BCUT2D eigenvalue weighted by Gasteiger charge is -2.17. The van der Waals surface area contributed by atoms with E-state index in [1.54, 1.807) is 33.7 Å². The highest BCUT2D eigenvalue weighted by atomic mass is 16.5. The van der Waals surface area contributed by atoms with Gasteiger partial charge in [-0.1, -0.05) is 30.4 Å². The number of ether oxygens (including phenoxy) is 3. The highest BCUT2D eigenvalue weighted by Crippen LogP contribution is 2.38. The molecule has 33 heavy (non-hydrogen) atoms. The zero-order chi connectivity index (χ0) is 24.0. The van der Waals surface area contributed by atoms with Gasteiger partial charge in [0.1, 0.15) is 5.75 Å². The van der Waals surface area contributed by atoms with Crippen LogP contribution in [0.4, 0.5) is 0 Å². The van der Waals surface area contributed by atoms with Gasteiger partial charge in [-0.3, -0.25) is 4.98 Å². The second-order valence-electron chi connectivity index (χ2n) is 7.78. The highest BCUT2D eigenvalue weighted by Gasteiger charge is 2.15. The second kappa shape index (κ2) is 10.7. The van der Waals surface area contributed by atoms with Crippen LogP contribution in [0.25, 0.3) is 34.4 Å². The van der Waals surface area contributed by atoms with Crippen molar-refractivity contribution in [1.29, 1.82) is 0 Å². The van der Waals surface area contributed by atoms with Gasteiger partial charge in [-0.25, -0.2) is 0 Å². The number of hydrogen-bond acceptors (Lipinski definition) is 4. The van der Waals surface area contributed by atoms with Gasteiger partial charge in [-0.2, -0.15) is 0 Å². The molecule has 0 radical (unpaired) electrons. The number of hydrogen-bond donors (Lipinski definition) is 0. The maximum atomic E-state index is 5.73. The summed E-state index contributed by atoms with van der Waals surface area (Å²) in [5, 5.41) is 0. The summed E-state index contributed by atoms with van der Waals surface area (Å²) in [5.74, 6) is 2.19. The third kappa shape index (κ3) is 5.17. The fourth-order valence-electron chi connectivity index (χ4n) is 3.88. The number of aromatic nitrogens is 1. The lowest BCUT2D eigenvalue weighted by Crippen LogP contribution is -1.96. The Balaban J connectivity index is 2.24. The van der Waals surface area contributed by atoms with Crippen molar-refractivity contribution in [3.8, 4) is 28.4 Å². The number of pyridine rings is 1. The third-order valence-electron chi connectivity index (χ3n) is 5.52. The Bertz CT molecular complexity index is 1210. The molecule has 0 saturated heterocycles. The molecule has 4 heteroatoms. The van der Waals surface area contributed by atoms with Crippen molar-refractivity contribution in [2.45, 2.75) is 20.8 Å². The Hall–Kier alpha value is -3.79. The van der Waals surface area contributed by atoms with Gasteiger partial charge >= 0.3 is 0 Å². The maximum absolute atomic E-state index is 5.73. The van der Waals surface area contributed by atoms with E-state index in [1.807, 2.05) is 44.2 Å². The van der Waals surface area contributed by atoms with Crippen LogP contribution in [0.15, 0.2) is 61.4 Å². The van der Waals surface area contributed by atoms with Crippen LogP contribution in [-0.4, -0.2) is 26.3 Å². The van der Waals surface area contributed by atoms with Crippen molar-refractivity contribution in [3.63, 3.8) is 0 Å². The molecule has 2 aromatic carbocycles. The molecule has 3 aromatic rings. The van der Waals surface area contributed by atoms with Crippen molar-refractivity contribution in [2.24, 2.45) is 0 Å². The molecule has 0 unspecified atom stereocenters. The quantitative estimate of drug-likeness (QED) is 0.341. The number of benzene rings is 2. The SMILES string of the molecule is C=C(C)c1cc(OC)c(OC)cc1/C=C(\C)c1cc(-c2ccncc2)c(OC)cc1/C=C\C. The van der Waals surface area contributed by atoms with Crippen LogP contribution in [-0.2, 0) is 0 Å². The summed E-state index contributed by atoms with van der Waals surface area (Å²) >= 11 is 0.